The monoisotopic (exact) mass is 547 g/mol. The summed E-state index contributed by atoms with van der Waals surface area (Å²) in [4.78, 5) is 9.06. The van der Waals surface area contributed by atoms with Gasteiger partial charge in [0.25, 0.3) is 0 Å². The number of pyridine rings is 1. The first-order valence-corrected chi connectivity index (χ1v) is 13.5. The summed E-state index contributed by atoms with van der Waals surface area (Å²) in [6.07, 6.45) is 1.48. The number of rotatable bonds is 5. The van der Waals surface area contributed by atoms with Crippen LogP contribution in [0.2, 0.25) is 5.02 Å². The lowest BCUT2D eigenvalue weighted by Gasteiger charge is -2.38. The topological polar surface area (TPSA) is 133 Å². The van der Waals surface area contributed by atoms with Gasteiger partial charge in [0.1, 0.15) is 23.0 Å². The molecule has 0 spiro atoms. The lowest BCUT2D eigenvalue weighted by molar-refractivity contribution is 0.482. The number of benzene rings is 1. The number of hydrogen-bond donors (Lipinski definition) is 2. The minimum Gasteiger partial charge on any atom is -0.436 e. The first-order valence-electron chi connectivity index (χ1n) is 10.6. The van der Waals surface area contributed by atoms with E-state index < -0.39 is 31.7 Å². The largest absolute Gasteiger partial charge is 0.436 e. The fourth-order valence-corrected chi connectivity index (χ4v) is 7.21. The van der Waals surface area contributed by atoms with E-state index in [9.17, 15) is 8.42 Å². The molecule has 0 unspecified atom stereocenters. The molecule has 8 nitrogen and oxygen atoms in total. The van der Waals surface area contributed by atoms with Crippen LogP contribution in [0.15, 0.2) is 71.4 Å². The van der Waals surface area contributed by atoms with Crippen molar-refractivity contribution >= 4 is 50.3 Å². The number of hydrogen-bond acceptors (Lipinski definition) is 9. The molecule has 1 aromatic carbocycles. The third kappa shape index (κ3) is 4.38. The van der Waals surface area contributed by atoms with Crippen LogP contribution in [0.4, 0.5) is 4.39 Å². The van der Waals surface area contributed by atoms with Crippen LogP contribution in [-0.2, 0) is 24.9 Å². The number of amidine groups is 1. The van der Waals surface area contributed by atoms with Crippen LogP contribution < -0.4 is 11.6 Å². The number of ether oxygens (including phenoxy) is 1. The molecule has 4 N–H and O–H groups in total. The predicted molar refractivity (Wildman–Crippen MR) is 141 cm³/mol. The van der Waals surface area contributed by atoms with E-state index in [0.29, 0.717) is 15.5 Å². The Morgan fingerprint density at radius 3 is 2.53 bits per heavy atom. The Kier molecular flexibility index (Phi) is 6.67. The molecule has 2 aromatic heterocycles. The Hall–Kier alpha value is -3.28. The number of nitrogens with two attached hydrogens (primary N) is 2. The van der Waals surface area contributed by atoms with Gasteiger partial charge in [-0.15, -0.1) is 16.4 Å². The maximum absolute atomic E-state index is 15.2. The van der Waals surface area contributed by atoms with Crippen LogP contribution in [0.3, 0.4) is 0 Å². The molecule has 0 fully saturated rings. The smallest absolute Gasteiger partial charge is 0.243 e. The van der Waals surface area contributed by atoms with Crippen LogP contribution in [0.25, 0.3) is 5.76 Å². The number of aromatic nitrogens is 1. The Balaban J connectivity index is 1.68. The van der Waals surface area contributed by atoms with E-state index in [4.69, 9.17) is 27.9 Å². The van der Waals surface area contributed by atoms with Gasteiger partial charge in [0, 0.05) is 16.8 Å². The van der Waals surface area contributed by atoms with Gasteiger partial charge in [-0.05, 0) is 56.3 Å². The molecule has 0 aliphatic carbocycles. The van der Waals surface area contributed by atoms with Gasteiger partial charge in [0.05, 0.1) is 21.2 Å². The Morgan fingerprint density at radius 1 is 1.25 bits per heavy atom. The summed E-state index contributed by atoms with van der Waals surface area (Å²) in [7, 11) is -3.95. The van der Waals surface area contributed by atoms with Crippen molar-refractivity contribution in [2.75, 3.05) is 5.75 Å². The molecular weight excluding hydrogens is 525 g/mol. The maximum atomic E-state index is 15.2. The number of aliphatic imine (C=N–C) groups is 1. The van der Waals surface area contributed by atoms with E-state index in [-0.39, 0.29) is 28.1 Å². The van der Waals surface area contributed by atoms with Crippen LogP contribution in [-0.4, -0.2) is 30.9 Å². The van der Waals surface area contributed by atoms with Crippen LogP contribution in [0.5, 0.6) is 0 Å². The molecule has 0 radical (unpaired) electrons. The minimum atomic E-state index is -3.95. The first-order chi connectivity index (χ1) is 16.9. The zero-order valence-corrected chi connectivity index (χ0v) is 21.8. The van der Waals surface area contributed by atoms with E-state index in [1.807, 2.05) is 0 Å². The second kappa shape index (κ2) is 9.30. The van der Waals surface area contributed by atoms with E-state index in [1.165, 1.54) is 26.1 Å². The molecule has 0 bridgehead atoms. The molecule has 0 saturated carbocycles. The normalized spacial score (nSPS) is 23.7. The maximum Gasteiger partial charge on any atom is 0.243 e. The van der Waals surface area contributed by atoms with E-state index >= 15 is 4.39 Å². The highest BCUT2D eigenvalue weighted by atomic mass is 35.5. The average Bonchev–Trinajstić information content (AvgIpc) is 3.24. The number of sulfone groups is 1. The van der Waals surface area contributed by atoms with Crippen molar-refractivity contribution in [3.05, 3.63) is 93.2 Å². The molecule has 36 heavy (non-hydrogen) atoms. The molecule has 0 amide bonds. The molecule has 1 aliphatic heterocycles. The quantitative estimate of drug-likeness (QED) is 0.162. The minimum absolute atomic E-state index is 0.0480. The van der Waals surface area contributed by atoms with E-state index in [2.05, 4.69) is 21.7 Å². The van der Waals surface area contributed by atoms with Gasteiger partial charge < -0.3 is 16.3 Å². The van der Waals surface area contributed by atoms with Gasteiger partial charge in [-0.3, -0.25) is 9.98 Å². The van der Waals surface area contributed by atoms with Gasteiger partial charge in [0.2, 0.25) is 5.90 Å². The van der Waals surface area contributed by atoms with Crippen molar-refractivity contribution in [2.45, 2.75) is 24.1 Å². The molecule has 2 atom stereocenters. The summed E-state index contributed by atoms with van der Waals surface area (Å²) in [5, 5.41) is 4.16. The van der Waals surface area contributed by atoms with Gasteiger partial charge in [-0.2, -0.15) is 0 Å². The zero-order chi connectivity index (χ0) is 26.3. The molecule has 3 heterocycles. The van der Waals surface area contributed by atoms with Crippen molar-refractivity contribution in [3.8, 4) is 0 Å². The lowest BCUT2D eigenvalue weighted by atomic mass is 9.99. The SMILES string of the molecule is C=C(O/C(=N\N)c1ccc(Cl)cc1)c1cc(F)c([C@]2(C)CS(=O)(=O)[C@@](C)(c3ccccn3)C(N)=N2)s1. The Labute approximate surface area is 217 Å². The van der Waals surface area contributed by atoms with Crippen molar-refractivity contribution in [2.24, 2.45) is 21.7 Å². The van der Waals surface area contributed by atoms with Crippen LogP contribution in [0, 0.1) is 5.82 Å². The highest BCUT2D eigenvalue weighted by Gasteiger charge is 2.54. The zero-order valence-electron chi connectivity index (χ0n) is 19.4. The summed E-state index contributed by atoms with van der Waals surface area (Å²) in [5.74, 6) is 4.29. The molecule has 3 aromatic rings. The lowest BCUT2D eigenvalue weighted by Crippen LogP contribution is -2.54. The second-order valence-corrected chi connectivity index (χ2v) is 12.4. The third-order valence-corrected chi connectivity index (χ3v) is 10.2. The van der Waals surface area contributed by atoms with Crippen molar-refractivity contribution < 1.29 is 17.5 Å². The van der Waals surface area contributed by atoms with E-state index in [0.717, 1.165) is 11.3 Å². The number of thiophene rings is 1. The van der Waals surface area contributed by atoms with Gasteiger partial charge in [-0.1, -0.05) is 24.2 Å². The molecule has 1 aliphatic rings. The number of nitrogens with zero attached hydrogens (tertiary/aromatic N) is 3. The molecule has 4 rings (SSSR count). The first kappa shape index (κ1) is 25.8. The fraction of sp³-hybridized carbons (Fsp3) is 0.208. The van der Waals surface area contributed by atoms with Crippen molar-refractivity contribution in [3.63, 3.8) is 0 Å². The standard InChI is InChI=1S/C24H23ClFN5O3S2/c1-14(34-21(31-28)15-7-9-16(25)10-8-15)18-12-17(26)20(35-18)23(2)13-36(32,33)24(3,22(27)30-23)19-6-4-5-11-29-19/h4-12H,1,13,28H2,2-3H3,(H2,27,30)/b31-21-/t23-,24-/m0/s1. The van der Waals surface area contributed by atoms with Crippen molar-refractivity contribution in [1.29, 1.82) is 0 Å². The van der Waals surface area contributed by atoms with Crippen LogP contribution >= 0.6 is 22.9 Å². The average molecular weight is 548 g/mol. The second-order valence-electron chi connectivity index (χ2n) is 8.53. The Bertz CT molecular complexity index is 1490. The predicted octanol–water partition coefficient (Wildman–Crippen LogP) is 4.16. The van der Waals surface area contributed by atoms with Gasteiger partial charge in [-0.25, -0.2) is 12.8 Å². The summed E-state index contributed by atoms with van der Waals surface area (Å²) < 4.78 is 46.3. The molecule has 12 heteroatoms. The molecule has 188 valence electrons. The highest BCUT2D eigenvalue weighted by molar-refractivity contribution is 7.93. The number of hydrazone groups is 1. The molecule has 0 saturated heterocycles. The van der Waals surface area contributed by atoms with Crippen molar-refractivity contribution in [1.82, 2.24) is 4.98 Å². The van der Waals surface area contributed by atoms with Gasteiger partial charge >= 0.3 is 0 Å². The Morgan fingerprint density at radius 2 is 1.94 bits per heavy atom. The summed E-state index contributed by atoms with van der Waals surface area (Å²) in [6.45, 7) is 6.84. The number of halogens is 2. The van der Waals surface area contributed by atoms with Gasteiger partial charge in [0.15, 0.2) is 14.6 Å². The summed E-state index contributed by atoms with van der Waals surface area (Å²) >= 11 is 6.88. The summed E-state index contributed by atoms with van der Waals surface area (Å²) in [6, 6.07) is 12.7. The van der Waals surface area contributed by atoms with Crippen LogP contribution in [0.1, 0.15) is 34.9 Å². The summed E-state index contributed by atoms with van der Waals surface area (Å²) in [5.41, 5.74) is 5.56. The fourth-order valence-electron chi connectivity index (χ4n) is 3.92. The highest BCUT2D eigenvalue weighted by Crippen LogP contribution is 2.45. The third-order valence-electron chi connectivity index (χ3n) is 5.98. The van der Waals surface area contributed by atoms with E-state index in [1.54, 1.807) is 42.5 Å². The molecular formula is C24H23ClFN5O3S2.